The van der Waals surface area contributed by atoms with E-state index >= 15 is 0 Å². The van der Waals surface area contributed by atoms with Gasteiger partial charge in [-0.1, -0.05) is 42.5 Å². The van der Waals surface area contributed by atoms with Gasteiger partial charge in [-0.15, -0.1) is 0 Å². The van der Waals surface area contributed by atoms with Crippen LogP contribution in [0.2, 0.25) is 0 Å². The number of benzene rings is 3. The quantitative estimate of drug-likeness (QED) is 0.281. The number of hydrogen-bond donors (Lipinski definition) is 2. The van der Waals surface area contributed by atoms with Crippen LogP contribution in [0.1, 0.15) is 28.1 Å². The Balaban J connectivity index is 1.40. The topological polar surface area (TPSA) is 114 Å². The Morgan fingerprint density at radius 2 is 1.78 bits per heavy atom. The molecule has 3 aromatic heterocycles. The number of rotatable bonds is 7. The molecule has 1 atom stereocenters. The van der Waals surface area contributed by atoms with E-state index in [1.807, 2.05) is 65.7 Å². The maximum Gasteiger partial charge on any atom is 0.238 e. The van der Waals surface area contributed by atoms with Gasteiger partial charge in [0, 0.05) is 48.2 Å². The van der Waals surface area contributed by atoms with Crippen molar-refractivity contribution in [3.63, 3.8) is 0 Å². The van der Waals surface area contributed by atoms with Gasteiger partial charge < -0.3 is 14.9 Å². The Bertz CT molecular complexity index is 1860. The zero-order chi connectivity index (χ0) is 27.8. The van der Waals surface area contributed by atoms with Crippen LogP contribution in [-0.2, 0) is 29.6 Å². The van der Waals surface area contributed by atoms with Crippen molar-refractivity contribution in [2.24, 2.45) is 0 Å². The Hall–Kier alpha value is -5.55. The van der Waals surface area contributed by atoms with Crippen LogP contribution in [0.5, 0.6) is 0 Å². The summed E-state index contributed by atoms with van der Waals surface area (Å²) in [7, 11) is 0. The lowest BCUT2D eigenvalue weighted by molar-refractivity contribution is -0.123. The summed E-state index contributed by atoms with van der Waals surface area (Å²) in [6, 6.07) is 25.9. The van der Waals surface area contributed by atoms with E-state index in [9.17, 15) is 10.1 Å². The number of pyridine rings is 1. The highest BCUT2D eigenvalue weighted by Crippen LogP contribution is 2.48. The summed E-state index contributed by atoms with van der Waals surface area (Å²) in [4.78, 5) is 36.2. The third-order valence-electron chi connectivity index (χ3n) is 7.96. The molecule has 2 N–H and O–H groups in total. The number of carbonyl (C=O) groups is 1. The predicted molar refractivity (Wildman–Crippen MR) is 156 cm³/mol. The highest BCUT2D eigenvalue weighted by molar-refractivity contribution is 6.09. The molecule has 0 bridgehead atoms. The van der Waals surface area contributed by atoms with E-state index in [1.54, 1.807) is 25.0 Å². The average molecular weight is 536 g/mol. The molecule has 0 saturated heterocycles. The van der Waals surface area contributed by atoms with Crippen molar-refractivity contribution in [1.82, 2.24) is 24.9 Å². The molecule has 1 aliphatic rings. The number of nitrogens with one attached hydrogen (secondary N) is 2. The number of anilines is 1. The monoisotopic (exact) mass is 535 g/mol. The summed E-state index contributed by atoms with van der Waals surface area (Å²) in [6.07, 6.45) is 9.62. The normalized spacial score (nSPS) is 13.8. The Morgan fingerprint density at radius 1 is 0.927 bits per heavy atom. The van der Waals surface area contributed by atoms with Gasteiger partial charge in [0.05, 0.1) is 47.5 Å². The first-order chi connectivity index (χ1) is 20.1. The van der Waals surface area contributed by atoms with Crippen LogP contribution in [-0.4, -0.2) is 30.8 Å². The van der Waals surface area contributed by atoms with Crippen molar-refractivity contribution < 1.29 is 4.79 Å². The average Bonchev–Trinajstić information content (AvgIpc) is 3.77. The van der Waals surface area contributed by atoms with Gasteiger partial charge in [-0.05, 0) is 52.6 Å². The molecule has 1 unspecified atom stereocenters. The first kappa shape index (κ1) is 24.5. The number of amides is 1. The van der Waals surface area contributed by atoms with E-state index in [1.165, 1.54) is 0 Å². The fraction of sp³-hybridized carbons (Fsp3) is 0.121. The van der Waals surface area contributed by atoms with Crippen molar-refractivity contribution in [1.29, 1.82) is 5.26 Å². The van der Waals surface area contributed by atoms with Gasteiger partial charge in [-0.2, -0.15) is 5.26 Å². The largest absolute Gasteiger partial charge is 0.351 e. The number of nitriles is 1. The van der Waals surface area contributed by atoms with Crippen LogP contribution in [0.15, 0.2) is 104 Å². The zero-order valence-corrected chi connectivity index (χ0v) is 22.1. The Kier molecular flexibility index (Phi) is 5.90. The summed E-state index contributed by atoms with van der Waals surface area (Å²) >= 11 is 0. The number of fused-ring (bicyclic) bond motifs is 2. The van der Waals surface area contributed by atoms with E-state index in [0.29, 0.717) is 24.9 Å². The molecule has 8 heteroatoms. The molecule has 41 heavy (non-hydrogen) atoms. The molecule has 7 rings (SSSR count). The van der Waals surface area contributed by atoms with Crippen molar-refractivity contribution in [3.05, 3.63) is 132 Å². The summed E-state index contributed by atoms with van der Waals surface area (Å²) in [6.45, 7) is 0.400. The maximum atomic E-state index is 14.8. The molecule has 3 aromatic carbocycles. The van der Waals surface area contributed by atoms with Crippen molar-refractivity contribution in [2.45, 2.75) is 24.8 Å². The molecule has 0 aliphatic carbocycles. The predicted octanol–water partition coefficient (Wildman–Crippen LogP) is 5.49. The van der Waals surface area contributed by atoms with Crippen LogP contribution in [0, 0.1) is 11.3 Å². The number of aromatic amines is 2. The molecule has 0 fully saturated rings. The number of H-pyrrole nitrogens is 2. The highest BCUT2D eigenvalue weighted by Gasteiger charge is 2.51. The molecular formula is C33H25N7O. The number of hydrogen-bond acceptors (Lipinski definition) is 5. The smallest absolute Gasteiger partial charge is 0.238 e. The van der Waals surface area contributed by atoms with Gasteiger partial charge in [0.25, 0.3) is 0 Å². The molecular weight excluding hydrogens is 510 g/mol. The molecule has 1 aliphatic heterocycles. The fourth-order valence-corrected chi connectivity index (χ4v) is 5.99. The zero-order valence-electron chi connectivity index (χ0n) is 22.1. The number of para-hydroxylation sites is 1. The molecule has 0 spiro atoms. The van der Waals surface area contributed by atoms with E-state index in [0.717, 1.165) is 50.2 Å². The van der Waals surface area contributed by atoms with E-state index in [2.05, 4.69) is 49.2 Å². The molecule has 198 valence electrons. The van der Waals surface area contributed by atoms with Gasteiger partial charge in [-0.25, -0.2) is 9.97 Å². The second kappa shape index (κ2) is 9.88. The Labute approximate surface area is 236 Å². The molecule has 0 radical (unpaired) electrons. The molecule has 6 aromatic rings. The van der Waals surface area contributed by atoms with Gasteiger partial charge >= 0.3 is 0 Å². The van der Waals surface area contributed by atoms with E-state index < -0.39 is 5.41 Å². The minimum Gasteiger partial charge on any atom is -0.351 e. The maximum absolute atomic E-state index is 14.8. The SMILES string of the molecule is N#Cc1ccc(-c2ccc3c(c2)N(Cc2ccnc4ccccc24)C(=O)C3(Cc2c[nH]cn2)Cc2cnc[nH]2)cc1. The number of carbonyl (C=O) groups excluding carboxylic acids is 1. The number of imidazole rings is 2. The molecule has 4 heterocycles. The molecule has 8 nitrogen and oxygen atoms in total. The lowest BCUT2D eigenvalue weighted by Gasteiger charge is -2.28. The lowest BCUT2D eigenvalue weighted by atomic mass is 9.74. The molecule has 0 saturated carbocycles. The lowest BCUT2D eigenvalue weighted by Crippen LogP contribution is -2.43. The van der Waals surface area contributed by atoms with Crippen molar-refractivity contribution in [3.8, 4) is 17.2 Å². The summed E-state index contributed by atoms with van der Waals surface area (Å²) in [5, 5.41) is 10.3. The second-order valence-electron chi connectivity index (χ2n) is 10.4. The highest BCUT2D eigenvalue weighted by atomic mass is 16.2. The third-order valence-corrected chi connectivity index (χ3v) is 7.96. The standard InChI is InChI=1S/C33H25N7O/c34-16-22-5-7-23(8-6-22)24-9-10-29-31(13-24)40(19-25-11-12-37-30-4-2-1-3-28(25)30)32(41)33(29,14-26-17-35-20-38-26)15-27-18-36-21-39-27/h1-13,17-18,20-21H,14-15,19H2,(H,35,38)(H,36,39). The van der Waals surface area contributed by atoms with Crippen LogP contribution < -0.4 is 4.90 Å². The van der Waals surface area contributed by atoms with Crippen LogP contribution in [0.4, 0.5) is 5.69 Å². The number of nitrogens with zero attached hydrogens (tertiary/aromatic N) is 5. The van der Waals surface area contributed by atoms with Crippen LogP contribution in [0.25, 0.3) is 22.0 Å². The van der Waals surface area contributed by atoms with Crippen molar-refractivity contribution in [2.75, 3.05) is 4.90 Å². The van der Waals surface area contributed by atoms with Crippen LogP contribution in [0.3, 0.4) is 0 Å². The minimum absolute atomic E-state index is 0.0166. The minimum atomic E-state index is -0.886. The fourth-order valence-electron chi connectivity index (χ4n) is 5.99. The Morgan fingerprint density at radius 3 is 2.56 bits per heavy atom. The van der Waals surface area contributed by atoms with Gasteiger partial charge in [0.15, 0.2) is 0 Å². The molecule has 1 amide bonds. The van der Waals surface area contributed by atoms with E-state index in [-0.39, 0.29) is 5.91 Å². The van der Waals surface area contributed by atoms with Gasteiger partial charge in [-0.3, -0.25) is 9.78 Å². The van der Waals surface area contributed by atoms with Crippen LogP contribution >= 0.6 is 0 Å². The first-order valence-corrected chi connectivity index (χ1v) is 13.4. The first-order valence-electron chi connectivity index (χ1n) is 13.4. The van der Waals surface area contributed by atoms with Gasteiger partial charge in [0.2, 0.25) is 5.91 Å². The van der Waals surface area contributed by atoms with Gasteiger partial charge in [0.1, 0.15) is 0 Å². The second-order valence-corrected chi connectivity index (χ2v) is 10.4. The summed E-state index contributed by atoms with van der Waals surface area (Å²) in [5.41, 5.74) is 7.11. The summed E-state index contributed by atoms with van der Waals surface area (Å²) < 4.78 is 0. The number of aromatic nitrogens is 5. The summed E-state index contributed by atoms with van der Waals surface area (Å²) in [5.74, 6) is 0.0166. The third kappa shape index (κ3) is 4.24. The van der Waals surface area contributed by atoms with Crippen molar-refractivity contribution >= 4 is 22.5 Å². The van der Waals surface area contributed by atoms with E-state index in [4.69, 9.17) is 0 Å².